The number of para-hydroxylation sites is 1. The first-order chi connectivity index (χ1) is 15.6. The van der Waals surface area contributed by atoms with Crippen LogP contribution in [0.3, 0.4) is 0 Å². The topological polar surface area (TPSA) is 78.5 Å². The molecule has 164 valence electrons. The molecule has 6 rings (SSSR count). The van der Waals surface area contributed by atoms with Gasteiger partial charge >= 0.3 is 0 Å². The highest BCUT2D eigenvalue weighted by molar-refractivity contribution is 6.15. The Morgan fingerprint density at radius 2 is 1.59 bits per heavy atom. The first-order valence-corrected chi connectivity index (χ1v) is 11.7. The molecular formula is C26H27N3O3. The third-order valence-electron chi connectivity index (χ3n) is 7.89. The van der Waals surface area contributed by atoms with Crippen LogP contribution in [0, 0.1) is 11.8 Å². The summed E-state index contributed by atoms with van der Waals surface area (Å²) in [5, 5.41) is 6.50. The first-order valence-electron chi connectivity index (χ1n) is 11.7. The third-order valence-corrected chi connectivity index (χ3v) is 7.89. The zero-order valence-corrected chi connectivity index (χ0v) is 17.9. The van der Waals surface area contributed by atoms with Gasteiger partial charge in [-0.15, -0.1) is 0 Å². The summed E-state index contributed by atoms with van der Waals surface area (Å²) in [5.74, 6) is -1.76. The molecule has 2 aromatic carbocycles. The Balaban J connectivity index is 1.46. The molecule has 0 unspecified atom stereocenters. The highest BCUT2D eigenvalue weighted by Crippen LogP contribution is 2.54. The monoisotopic (exact) mass is 429 g/mol. The molecule has 0 radical (unpaired) electrons. The molecule has 3 heterocycles. The van der Waals surface area contributed by atoms with Gasteiger partial charge in [-0.1, -0.05) is 67.8 Å². The van der Waals surface area contributed by atoms with Crippen molar-refractivity contribution < 1.29 is 14.4 Å². The number of rotatable bonds is 3. The molecule has 4 aliphatic rings. The molecule has 6 nitrogen and oxygen atoms in total. The standard InChI is InChI=1S/C26H27N3O3/c30-23-21-20(15-16-9-3-1-4-10-16)28-26(18-13-7-8-14-19(18)27-25(26)32)22(21)24(31)29(23)17-11-5-2-6-12-17/h1,3-4,7-10,13-14,17,20-22,28H,2,5-6,11-12,15H2,(H,27,32)/t20-,21+,22-,26-/m0/s1. The van der Waals surface area contributed by atoms with E-state index in [2.05, 4.69) is 10.6 Å². The fourth-order valence-corrected chi connectivity index (χ4v) is 6.52. The van der Waals surface area contributed by atoms with Gasteiger partial charge in [0.05, 0.1) is 11.8 Å². The Kier molecular flexibility index (Phi) is 4.47. The van der Waals surface area contributed by atoms with Gasteiger partial charge in [0, 0.05) is 23.3 Å². The van der Waals surface area contributed by atoms with Crippen molar-refractivity contribution in [3.8, 4) is 0 Å². The van der Waals surface area contributed by atoms with Crippen LogP contribution in [0.25, 0.3) is 0 Å². The Labute approximate surface area is 187 Å². The van der Waals surface area contributed by atoms with Crippen molar-refractivity contribution in [1.82, 2.24) is 10.2 Å². The van der Waals surface area contributed by atoms with Gasteiger partial charge in [0.1, 0.15) is 5.54 Å². The summed E-state index contributed by atoms with van der Waals surface area (Å²) in [6, 6.07) is 17.2. The summed E-state index contributed by atoms with van der Waals surface area (Å²) in [4.78, 5) is 42.7. The SMILES string of the molecule is O=C1[C@@H]2[C@H](Cc3ccccc3)N[C@]3(C(=O)Nc4ccccc43)[C@@H]2C(=O)N1C1CCCCC1. The Morgan fingerprint density at radius 3 is 2.38 bits per heavy atom. The lowest BCUT2D eigenvalue weighted by molar-refractivity contribution is -0.146. The number of carbonyl (C=O) groups is 3. The largest absolute Gasteiger partial charge is 0.324 e. The van der Waals surface area contributed by atoms with Gasteiger partial charge in [-0.2, -0.15) is 0 Å². The van der Waals surface area contributed by atoms with E-state index in [-0.39, 0.29) is 29.8 Å². The van der Waals surface area contributed by atoms with E-state index in [1.165, 1.54) is 0 Å². The van der Waals surface area contributed by atoms with Gasteiger partial charge in [-0.05, 0) is 30.9 Å². The number of likely N-dealkylation sites (tertiary alicyclic amines) is 1. The second-order valence-corrected chi connectivity index (χ2v) is 9.59. The van der Waals surface area contributed by atoms with Gasteiger partial charge in [-0.25, -0.2) is 0 Å². The van der Waals surface area contributed by atoms with E-state index in [0.717, 1.165) is 48.9 Å². The van der Waals surface area contributed by atoms with Crippen LogP contribution >= 0.6 is 0 Å². The number of amides is 3. The molecule has 0 bridgehead atoms. The Hall–Kier alpha value is -2.99. The van der Waals surface area contributed by atoms with Crippen molar-refractivity contribution in [3.63, 3.8) is 0 Å². The molecule has 4 atom stereocenters. The first kappa shape index (κ1) is 19.7. The maximum Gasteiger partial charge on any atom is 0.250 e. The minimum Gasteiger partial charge on any atom is -0.324 e. The summed E-state index contributed by atoms with van der Waals surface area (Å²) in [7, 11) is 0. The zero-order valence-electron chi connectivity index (χ0n) is 17.9. The third kappa shape index (κ3) is 2.65. The number of anilines is 1. The van der Waals surface area contributed by atoms with E-state index in [1.807, 2.05) is 54.6 Å². The molecule has 3 aliphatic heterocycles. The average Bonchev–Trinajstić information content (AvgIpc) is 3.39. The van der Waals surface area contributed by atoms with Crippen LogP contribution in [0.5, 0.6) is 0 Å². The summed E-state index contributed by atoms with van der Waals surface area (Å²) in [6.45, 7) is 0. The van der Waals surface area contributed by atoms with Crippen molar-refractivity contribution in [2.24, 2.45) is 11.8 Å². The summed E-state index contributed by atoms with van der Waals surface area (Å²) < 4.78 is 0. The van der Waals surface area contributed by atoms with E-state index in [9.17, 15) is 14.4 Å². The molecule has 1 spiro atoms. The van der Waals surface area contributed by atoms with Crippen LogP contribution in [-0.4, -0.2) is 34.7 Å². The van der Waals surface area contributed by atoms with Crippen LogP contribution in [0.4, 0.5) is 5.69 Å². The molecular weight excluding hydrogens is 402 g/mol. The molecule has 3 fully saturated rings. The van der Waals surface area contributed by atoms with Crippen LogP contribution in [0.2, 0.25) is 0 Å². The number of nitrogens with one attached hydrogen (secondary N) is 2. The number of nitrogens with zero attached hydrogens (tertiary/aromatic N) is 1. The zero-order chi connectivity index (χ0) is 21.9. The quantitative estimate of drug-likeness (QED) is 0.736. The number of carbonyl (C=O) groups excluding carboxylic acids is 3. The number of imide groups is 1. The lowest BCUT2D eigenvalue weighted by Crippen LogP contribution is -2.54. The number of hydrogen-bond donors (Lipinski definition) is 2. The summed E-state index contributed by atoms with van der Waals surface area (Å²) in [5.41, 5.74) is 1.39. The number of benzene rings is 2. The predicted octanol–water partition coefficient (Wildman–Crippen LogP) is 2.98. The molecule has 6 heteroatoms. The molecule has 2 N–H and O–H groups in total. The van der Waals surface area contributed by atoms with E-state index in [1.54, 1.807) is 4.90 Å². The van der Waals surface area contributed by atoms with Crippen LogP contribution in [0.1, 0.15) is 43.2 Å². The van der Waals surface area contributed by atoms with Gasteiger partial charge in [0.2, 0.25) is 17.7 Å². The minimum absolute atomic E-state index is 0.0384. The molecule has 2 aromatic rings. The van der Waals surface area contributed by atoms with E-state index in [0.29, 0.717) is 6.42 Å². The molecule has 32 heavy (non-hydrogen) atoms. The van der Waals surface area contributed by atoms with Crippen LogP contribution in [0.15, 0.2) is 54.6 Å². The van der Waals surface area contributed by atoms with E-state index < -0.39 is 17.4 Å². The highest BCUT2D eigenvalue weighted by atomic mass is 16.2. The molecule has 1 saturated carbocycles. The Morgan fingerprint density at radius 1 is 0.875 bits per heavy atom. The second-order valence-electron chi connectivity index (χ2n) is 9.59. The van der Waals surface area contributed by atoms with Gasteiger partial charge < -0.3 is 5.32 Å². The van der Waals surface area contributed by atoms with Crippen LogP contribution < -0.4 is 10.6 Å². The maximum absolute atomic E-state index is 13.9. The average molecular weight is 430 g/mol. The number of hydrogen-bond acceptors (Lipinski definition) is 4. The van der Waals surface area contributed by atoms with Gasteiger partial charge in [-0.3, -0.25) is 24.6 Å². The fourth-order valence-electron chi connectivity index (χ4n) is 6.52. The minimum atomic E-state index is -1.20. The smallest absolute Gasteiger partial charge is 0.250 e. The lowest BCUT2D eigenvalue weighted by atomic mass is 9.76. The van der Waals surface area contributed by atoms with Crippen molar-refractivity contribution >= 4 is 23.4 Å². The second kappa shape index (κ2) is 7.27. The van der Waals surface area contributed by atoms with Crippen molar-refractivity contribution in [2.45, 2.75) is 56.1 Å². The van der Waals surface area contributed by atoms with Gasteiger partial charge in [0.15, 0.2) is 0 Å². The van der Waals surface area contributed by atoms with Crippen molar-refractivity contribution in [1.29, 1.82) is 0 Å². The van der Waals surface area contributed by atoms with Gasteiger partial charge in [0.25, 0.3) is 0 Å². The van der Waals surface area contributed by atoms with Crippen LogP contribution in [-0.2, 0) is 26.3 Å². The van der Waals surface area contributed by atoms with Crippen molar-refractivity contribution in [3.05, 3.63) is 65.7 Å². The summed E-state index contributed by atoms with van der Waals surface area (Å²) in [6.07, 6.45) is 5.55. The summed E-state index contributed by atoms with van der Waals surface area (Å²) >= 11 is 0. The van der Waals surface area contributed by atoms with Crippen molar-refractivity contribution in [2.75, 3.05) is 5.32 Å². The predicted molar refractivity (Wildman–Crippen MR) is 120 cm³/mol. The number of fused-ring (bicyclic) bond motifs is 4. The maximum atomic E-state index is 13.9. The molecule has 1 aliphatic carbocycles. The molecule has 3 amide bonds. The fraction of sp³-hybridized carbons (Fsp3) is 0.423. The van der Waals surface area contributed by atoms with E-state index in [4.69, 9.17) is 0 Å². The lowest BCUT2D eigenvalue weighted by Gasteiger charge is -2.34. The molecule has 0 aromatic heterocycles. The van der Waals surface area contributed by atoms with E-state index >= 15 is 0 Å². The highest BCUT2D eigenvalue weighted by Gasteiger charge is 2.70. The normalized spacial score (nSPS) is 31.8. The molecule has 2 saturated heterocycles. The Bertz CT molecular complexity index is 1090.